The number of nitrogen functional groups attached to an aromatic ring is 1. The quantitative estimate of drug-likeness (QED) is 0.879. The highest BCUT2D eigenvalue weighted by Crippen LogP contribution is 2.31. The summed E-state index contributed by atoms with van der Waals surface area (Å²) in [6.07, 6.45) is 2.54. The Morgan fingerprint density at radius 3 is 2.89 bits per heavy atom. The summed E-state index contributed by atoms with van der Waals surface area (Å²) in [7, 11) is 0. The first kappa shape index (κ1) is 12.5. The number of halogens is 2. The minimum absolute atomic E-state index is 0.285. The number of nitrogens with zero attached hydrogens (tertiary/aromatic N) is 3. The van der Waals surface area contributed by atoms with E-state index in [9.17, 15) is 0 Å². The Kier molecular flexibility index (Phi) is 3.21. The normalized spacial score (nSPS) is 14.3. The molecule has 3 rings (SSSR count). The SMILES string of the molecule is Nc1nccc(N2CCc3c(Cl)cc(Cl)cc3C2)n1. The van der Waals surface area contributed by atoms with E-state index < -0.39 is 0 Å². The molecule has 0 radical (unpaired) electrons. The number of benzene rings is 1. The molecule has 0 spiro atoms. The van der Waals surface area contributed by atoms with E-state index in [2.05, 4.69) is 14.9 Å². The van der Waals surface area contributed by atoms with E-state index in [0.29, 0.717) is 5.02 Å². The van der Waals surface area contributed by atoms with Gasteiger partial charge in [-0.25, -0.2) is 4.98 Å². The number of hydrogen-bond acceptors (Lipinski definition) is 4. The molecule has 0 amide bonds. The second-order valence-electron chi connectivity index (χ2n) is 4.47. The first-order valence-electron chi connectivity index (χ1n) is 5.94. The first-order valence-corrected chi connectivity index (χ1v) is 6.69. The molecule has 0 saturated heterocycles. The van der Waals surface area contributed by atoms with Gasteiger partial charge in [-0.2, -0.15) is 4.98 Å². The van der Waals surface area contributed by atoms with Crippen LogP contribution < -0.4 is 10.6 Å². The van der Waals surface area contributed by atoms with Gasteiger partial charge in [-0.15, -0.1) is 0 Å². The molecular weight excluding hydrogens is 283 g/mol. The lowest BCUT2D eigenvalue weighted by molar-refractivity contribution is 0.720. The van der Waals surface area contributed by atoms with Crippen LogP contribution in [0.25, 0.3) is 0 Å². The van der Waals surface area contributed by atoms with E-state index >= 15 is 0 Å². The number of fused-ring (bicyclic) bond motifs is 1. The van der Waals surface area contributed by atoms with Crippen LogP contribution in [0.4, 0.5) is 11.8 Å². The second-order valence-corrected chi connectivity index (χ2v) is 5.31. The maximum absolute atomic E-state index is 6.22. The molecule has 0 fully saturated rings. The fourth-order valence-electron chi connectivity index (χ4n) is 2.34. The van der Waals surface area contributed by atoms with Gasteiger partial charge in [0.2, 0.25) is 5.95 Å². The number of anilines is 2. The molecule has 1 aromatic heterocycles. The van der Waals surface area contributed by atoms with Gasteiger partial charge >= 0.3 is 0 Å². The van der Waals surface area contributed by atoms with Gasteiger partial charge in [0.1, 0.15) is 5.82 Å². The maximum atomic E-state index is 6.22. The Morgan fingerprint density at radius 2 is 2.11 bits per heavy atom. The molecule has 1 aliphatic heterocycles. The third kappa shape index (κ3) is 2.46. The Morgan fingerprint density at radius 1 is 1.26 bits per heavy atom. The standard InChI is InChI=1S/C13H12Cl2N4/c14-9-5-8-7-19(4-2-10(8)11(15)6-9)12-1-3-17-13(16)18-12/h1,3,5-6H,2,4,7H2,(H2,16,17,18). The monoisotopic (exact) mass is 294 g/mol. The van der Waals surface area contributed by atoms with Crippen LogP contribution in [0.15, 0.2) is 24.4 Å². The summed E-state index contributed by atoms with van der Waals surface area (Å²) in [5, 5.41) is 1.40. The van der Waals surface area contributed by atoms with Crippen LogP contribution in [0.5, 0.6) is 0 Å². The van der Waals surface area contributed by atoms with Crippen molar-refractivity contribution >= 4 is 35.0 Å². The van der Waals surface area contributed by atoms with Gasteiger partial charge < -0.3 is 10.6 Å². The summed E-state index contributed by atoms with van der Waals surface area (Å²) in [4.78, 5) is 10.3. The zero-order valence-electron chi connectivity index (χ0n) is 10.1. The van der Waals surface area contributed by atoms with Crippen molar-refractivity contribution in [2.75, 3.05) is 17.2 Å². The minimum Gasteiger partial charge on any atom is -0.368 e. The Bertz CT molecular complexity index is 630. The molecule has 1 aromatic carbocycles. The summed E-state index contributed by atoms with van der Waals surface area (Å²) in [6, 6.07) is 5.60. The van der Waals surface area contributed by atoms with E-state index in [1.54, 1.807) is 12.3 Å². The molecule has 2 heterocycles. The summed E-state index contributed by atoms with van der Waals surface area (Å²) in [5.74, 6) is 1.11. The van der Waals surface area contributed by atoms with Crippen LogP contribution >= 0.6 is 23.2 Å². The highest BCUT2D eigenvalue weighted by molar-refractivity contribution is 6.35. The van der Waals surface area contributed by atoms with E-state index in [4.69, 9.17) is 28.9 Å². The Balaban J connectivity index is 1.94. The minimum atomic E-state index is 0.285. The van der Waals surface area contributed by atoms with Gasteiger partial charge in [0.15, 0.2) is 0 Å². The molecule has 0 aliphatic carbocycles. The molecule has 0 saturated carbocycles. The van der Waals surface area contributed by atoms with E-state index in [0.717, 1.165) is 35.9 Å². The van der Waals surface area contributed by atoms with Crippen molar-refractivity contribution in [1.29, 1.82) is 0 Å². The second kappa shape index (κ2) is 4.87. The molecular formula is C13H12Cl2N4. The van der Waals surface area contributed by atoms with Gasteiger partial charge in [-0.05, 0) is 35.7 Å². The summed E-state index contributed by atoms with van der Waals surface area (Å²) in [5.41, 5.74) is 7.93. The molecule has 0 atom stereocenters. The van der Waals surface area contributed by atoms with E-state index in [1.165, 1.54) is 5.56 Å². The van der Waals surface area contributed by atoms with Crippen LogP contribution in [-0.2, 0) is 13.0 Å². The van der Waals surface area contributed by atoms with Crippen molar-refractivity contribution in [3.63, 3.8) is 0 Å². The van der Waals surface area contributed by atoms with Crippen molar-refractivity contribution in [3.05, 3.63) is 45.6 Å². The largest absolute Gasteiger partial charge is 0.368 e. The van der Waals surface area contributed by atoms with Crippen molar-refractivity contribution < 1.29 is 0 Å². The fraction of sp³-hybridized carbons (Fsp3) is 0.231. The van der Waals surface area contributed by atoms with Crippen molar-refractivity contribution in [1.82, 2.24) is 9.97 Å². The lowest BCUT2D eigenvalue weighted by Crippen LogP contribution is -2.31. The molecule has 6 heteroatoms. The maximum Gasteiger partial charge on any atom is 0.221 e. The van der Waals surface area contributed by atoms with Crippen LogP contribution in [0.3, 0.4) is 0 Å². The number of nitrogens with two attached hydrogens (primary N) is 1. The predicted octanol–water partition coefficient (Wildman–Crippen LogP) is 2.93. The molecule has 0 bridgehead atoms. The van der Waals surface area contributed by atoms with E-state index in [-0.39, 0.29) is 5.95 Å². The van der Waals surface area contributed by atoms with Crippen molar-refractivity contribution in [3.8, 4) is 0 Å². The Labute approximate surface area is 121 Å². The third-order valence-electron chi connectivity index (χ3n) is 3.23. The smallest absolute Gasteiger partial charge is 0.221 e. The highest BCUT2D eigenvalue weighted by Gasteiger charge is 2.20. The van der Waals surface area contributed by atoms with Gasteiger partial charge in [-0.1, -0.05) is 23.2 Å². The molecule has 4 nitrogen and oxygen atoms in total. The fourth-order valence-corrected chi connectivity index (χ4v) is 2.97. The van der Waals surface area contributed by atoms with Crippen molar-refractivity contribution in [2.45, 2.75) is 13.0 Å². The first-order chi connectivity index (χ1) is 9.13. The molecule has 1 aliphatic rings. The molecule has 98 valence electrons. The zero-order chi connectivity index (χ0) is 13.4. The summed E-state index contributed by atoms with van der Waals surface area (Å²) in [6.45, 7) is 1.58. The summed E-state index contributed by atoms with van der Waals surface area (Å²) >= 11 is 12.3. The molecule has 2 aromatic rings. The molecule has 0 unspecified atom stereocenters. The molecule has 19 heavy (non-hydrogen) atoms. The zero-order valence-corrected chi connectivity index (χ0v) is 11.6. The van der Waals surface area contributed by atoms with Crippen LogP contribution in [0.1, 0.15) is 11.1 Å². The van der Waals surface area contributed by atoms with Crippen LogP contribution in [0.2, 0.25) is 10.0 Å². The molecule has 2 N–H and O–H groups in total. The van der Waals surface area contributed by atoms with Gasteiger partial charge in [0, 0.05) is 29.3 Å². The lowest BCUT2D eigenvalue weighted by Gasteiger charge is -2.30. The van der Waals surface area contributed by atoms with Gasteiger partial charge in [-0.3, -0.25) is 0 Å². The topological polar surface area (TPSA) is 55.0 Å². The number of aromatic nitrogens is 2. The third-order valence-corrected chi connectivity index (χ3v) is 3.78. The van der Waals surface area contributed by atoms with Gasteiger partial charge in [0.25, 0.3) is 0 Å². The van der Waals surface area contributed by atoms with Crippen LogP contribution in [-0.4, -0.2) is 16.5 Å². The van der Waals surface area contributed by atoms with E-state index in [1.807, 2.05) is 12.1 Å². The predicted molar refractivity (Wildman–Crippen MR) is 77.7 cm³/mol. The Hall–Kier alpha value is -1.52. The number of hydrogen-bond donors (Lipinski definition) is 1. The average molecular weight is 295 g/mol. The lowest BCUT2D eigenvalue weighted by atomic mass is 10.00. The van der Waals surface area contributed by atoms with Crippen molar-refractivity contribution in [2.24, 2.45) is 0 Å². The van der Waals surface area contributed by atoms with Crippen LogP contribution in [0, 0.1) is 0 Å². The average Bonchev–Trinajstić information content (AvgIpc) is 2.37. The summed E-state index contributed by atoms with van der Waals surface area (Å²) < 4.78 is 0. The highest BCUT2D eigenvalue weighted by atomic mass is 35.5. The number of rotatable bonds is 1. The van der Waals surface area contributed by atoms with Gasteiger partial charge in [0.05, 0.1) is 0 Å².